The van der Waals surface area contributed by atoms with Crippen LogP contribution in [0.5, 0.6) is 28.7 Å². The van der Waals surface area contributed by atoms with Gasteiger partial charge in [0.05, 0.1) is 35.5 Å². The third-order valence-corrected chi connectivity index (χ3v) is 4.44. The van der Waals surface area contributed by atoms with Crippen molar-refractivity contribution in [3.8, 4) is 28.7 Å². The largest absolute Gasteiger partial charge is 0.496 e. The molecular weight excluding hydrogens is 513 g/mol. The van der Waals surface area contributed by atoms with Gasteiger partial charge in [-0.15, -0.1) is 24.0 Å². The Morgan fingerprint density at radius 1 is 0.806 bits per heavy atom. The summed E-state index contributed by atoms with van der Waals surface area (Å²) in [5, 5.41) is 6.53. The molecule has 0 heterocycles. The van der Waals surface area contributed by atoms with Crippen molar-refractivity contribution in [2.24, 2.45) is 4.99 Å². The normalized spacial score (nSPS) is 10.6. The summed E-state index contributed by atoms with van der Waals surface area (Å²) >= 11 is 0. The number of halogens is 1. The van der Waals surface area contributed by atoms with E-state index in [2.05, 4.69) is 15.6 Å². The Kier molecular flexibility index (Phi) is 11.7. The number of hydrogen-bond donors (Lipinski definition) is 2. The summed E-state index contributed by atoms with van der Waals surface area (Å²) in [5.74, 6) is 4.07. The molecule has 0 saturated carbocycles. The molecule has 172 valence electrons. The minimum absolute atomic E-state index is 0. The van der Waals surface area contributed by atoms with Gasteiger partial charge in [-0.25, -0.2) is 0 Å². The Morgan fingerprint density at radius 3 is 1.94 bits per heavy atom. The molecule has 0 radical (unpaired) electrons. The fourth-order valence-corrected chi connectivity index (χ4v) is 2.96. The van der Waals surface area contributed by atoms with E-state index in [0.717, 1.165) is 17.8 Å². The molecule has 31 heavy (non-hydrogen) atoms. The Bertz CT molecular complexity index is 836. The summed E-state index contributed by atoms with van der Waals surface area (Å²) in [6, 6.07) is 9.30. The maximum absolute atomic E-state index is 5.51. The zero-order valence-corrected chi connectivity index (χ0v) is 21.2. The van der Waals surface area contributed by atoms with E-state index < -0.39 is 0 Å². The van der Waals surface area contributed by atoms with Gasteiger partial charge in [-0.2, -0.15) is 0 Å². The molecule has 2 rings (SSSR count). The van der Waals surface area contributed by atoms with Crippen LogP contribution in [0.2, 0.25) is 0 Å². The van der Waals surface area contributed by atoms with Crippen molar-refractivity contribution in [3.05, 3.63) is 35.9 Å². The molecule has 8 nitrogen and oxygen atoms in total. The van der Waals surface area contributed by atoms with Gasteiger partial charge in [0.25, 0.3) is 0 Å². The van der Waals surface area contributed by atoms with Gasteiger partial charge >= 0.3 is 0 Å². The van der Waals surface area contributed by atoms with Crippen LogP contribution in [-0.2, 0) is 6.42 Å². The predicted molar refractivity (Wildman–Crippen MR) is 134 cm³/mol. The fourth-order valence-electron chi connectivity index (χ4n) is 2.96. The van der Waals surface area contributed by atoms with Crippen LogP contribution in [-0.4, -0.2) is 54.6 Å². The molecule has 0 fully saturated rings. The molecule has 0 saturated heterocycles. The van der Waals surface area contributed by atoms with Crippen molar-refractivity contribution in [1.29, 1.82) is 0 Å². The van der Waals surface area contributed by atoms with E-state index in [1.54, 1.807) is 35.5 Å². The van der Waals surface area contributed by atoms with Gasteiger partial charge in [0.15, 0.2) is 17.5 Å². The Hall–Kier alpha value is -2.56. The standard InChI is InChI=1S/C22H31N3O5.HI/c1-7-23-22(25-15-8-9-18(27-3)21(12-15)30-6)24-11-10-17-19(28-4)13-16(26-2)14-20(17)29-5;/h8-9,12-14H,7,10-11H2,1-6H3,(H2,23,24,25);1H. The highest BCUT2D eigenvalue weighted by Crippen LogP contribution is 2.34. The number of hydrogen-bond acceptors (Lipinski definition) is 6. The lowest BCUT2D eigenvalue weighted by atomic mass is 10.1. The summed E-state index contributed by atoms with van der Waals surface area (Å²) in [7, 11) is 8.09. The predicted octanol–water partition coefficient (Wildman–Crippen LogP) is 3.97. The fraction of sp³-hybridized carbons (Fsp3) is 0.409. The van der Waals surface area contributed by atoms with Crippen LogP contribution in [0.25, 0.3) is 0 Å². The third-order valence-electron chi connectivity index (χ3n) is 4.44. The van der Waals surface area contributed by atoms with E-state index >= 15 is 0 Å². The lowest BCUT2D eigenvalue weighted by Crippen LogP contribution is -2.30. The van der Waals surface area contributed by atoms with Crippen molar-refractivity contribution in [2.45, 2.75) is 13.3 Å². The lowest BCUT2D eigenvalue weighted by molar-refractivity contribution is 0.355. The van der Waals surface area contributed by atoms with Crippen molar-refractivity contribution < 1.29 is 23.7 Å². The number of benzene rings is 2. The van der Waals surface area contributed by atoms with Gasteiger partial charge in [0.1, 0.15) is 17.2 Å². The van der Waals surface area contributed by atoms with E-state index in [9.17, 15) is 0 Å². The Morgan fingerprint density at radius 2 is 1.42 bits per heavy atom. The number of guanidine groups is 1. The zero-order chi connectivity index (χ0) is 21.9. The first-order valence-corrected chi connectivity index (χ1v) is 9.66. The molecule has 2 N–H and O–H groups in total. The molecule has 0 aliphatic heterocycles. The molecular formula is C22H32IN3O5. The minimum atomic E-state index is 0. The molecule has 0 aliphatic carbocycles. The Labute approximate surface area is 201 Å². The summed E-state index contributed by atoms with van der Waals surface area (Å²) < 4.78 is 27.0. The second kappa shape index (κ2) is 13.7. The number of rotatable bonds is 10. The smallest absolute Gasteiger partial charge is 0.195 e. The number of nitrogens with one attached hydrogen (secondary N) is 2. The van der Waals surface area contributed by atoms with Crippen LogP contribution in [0.3, 0.4) is 0 Å². The van der Waals surface area contributed by atoms with Crippen LogP contribution in [0.4, 0.5) is 5.69 Å². The van der Waals surface area contributed by atoms with Crippen molar-refractivity contribution in [1.82, 2.24) is 5.32 Å². The molecule has 0 spiro atoms. The highest BCUT2D eigenvalue weighted by Gasteiger charge is 2.13. The number of methoxy groups -OCH3 is 5. The van der Waals surface area contributed by atoms with E-state index in [-0.39, 0.29) is 24.0 Å². The molecule has 2 aromatic rings. The minimum Gasteiger partial charge on any atom is -0.496 e. The summed E-state index contributed by atoms with van der Waals surface area (Å²) in [6.07, 6.45) is 0.638. The van der Waals surface area contributed by atoms with Crippen molar-refractivity contribution in [3.63, 3.8) is 0 Å². The molecule has 0 unspecified atom stereocenters. The van der Waals surface area contributed by atoms with Gasteiger partial charge < -0.3 is 34.3 Å². The van der Waals surface area contributed by atoms with Crippen LogP contribution >= 0.6 is 24.0 Å². The van der Waals surface area contributed by atoms with Crippen LogP contribution in [0.1, 0.15) is 12.5 Å². The number of anilines is 1. The van der Waals surface area contributed by atoms with Crippen molar-refractivity contribution in [2.75, 3.05) is 54.0 Å². The number of ether oxygens (including phenoxy) is 5. The third kappa shape index (κ3) is 7.27. The molecule has 0 atom stereocenters. The molecule has 0 aromatic heterocycles. The summed E-state index contributed by atoms with van der Waals surface area (Å²) in [4.78, 5) is 4.68. The molecule has 0 amide bonds. The lowest BCUT2D eigenvalue weighted by Gasteiger charge is -2.15. The van der Waals surface area contributed by atoms with Gasteiger partial charge in [-0.3, -0.25) is 4.99 Å². The van der Waals surface area contributed by atoms with E-state index in [1.807, 2.05) is 37.3 Å². The van der Waals surface area contributed by atoms with Gasteiger partial charge in [0.2, 0.25) is 0 Å². The highest BCUT2D eigenvalue weighted by atomic mass is 127. The maximum Gasteiger partial charge on any atom is 0.195 e. The van der Waals surface area contributed by atoms with Crippen LogP contribution in [0.15, 0.2) is 35.3 Å². The van der Waals surface area contributed by atoms with Crippen molar-refractivity contribution >= 4 is 35.6 Å². The average molecular weight is 545 g/mol. The van der Waals surface area contributed by atoms with Crippen LogP contribution in [0, 0.1) is 0 Å². The van der Waals surface area contributed by atoms with Crippen LogP contribution < -0.4 is 34.3 Å². The van der Waals surface area contributed by atoms with Gasteiger partial charge in [0, 0.05) is 42.5 Å². The zero-order valence-electron chi connectivity index (χ0n) is 18.9. The SMILES string of the molecule is CCNC(=NCCc1c(OC)cc(OC)cc1OC)Nc1ccc(OC)c(OC)c1.I. The topological polar surface area (TPSA) is 82.6 Å². The number of aliphatic imine (C=N–C) groups is 1. The number of nitrogens with zero attached hydrogens (tertiary/aromatic N) is 1. The highest BCUT2D eigenvalue weighted by molar-refractivity contribution is 14.0. The first kappa shape index (κ1) is 26.5. The first-order valence-electron chi connectivity index (χ1n) is 9.66. The Balaban J connectivity index is 0.00000480. The average Bonchev–Trinajstić information content (AvgIpc) is 2.78. The molecule has 0 aliphatic rings. The summed E-state index contributed by atoms with van der Waals surface area (Å²) in [6.45, 7) is 3.28. The van der Waals surface area contributed by atoms with E-state index in [0.29, 0.717) is 47.7 Å². The summed E-state index contributed by atoms with van der Waals surface area (Å²) in [5.41, 5.74) is 1.78. The van der Waals surface area contributed by atoms with E-state index in [4.69, 9.17) is 23.7 Å². The van der Waals surface area contributed by atoms with Gasteiger partial charge in [-0.05, 0) is 25.5 Å². The molecule has 9 heteroatoms. The second-order valence-electron chi connectivity index (χ2n) is 6.22. The molecule has 2 aromatic carbocycles. The first-order chi connectivity index (χ1) is 14.6. The maximum atomic E-state index is 5.51. The molecule has 0 bridgehead atoms. The monoisotopic (exact) mass is 545 g/mol. The second-order valence-corrected chi connectivity index (χ2v) is 6.22. The quantitative estimate of drug-likeness (QED) is 0.266. The van der Waals surface area contributed by atoms with E-state index in [1.165, 1.54) is 0 Å². The van der Waals surface area contributed by atoms with Gasteiger partial charge in [-0.1, -0.05) is 0 Å².